The normalized spacial score (nSPS) is 10.6. The minimum absolute atomic E-state index is 0.594. The third-order valence-electron chi connectivity index (χ3n) is 2.10. The van der Waals surface area contributed by atoms with Gasteiger partial charge in [-0.25, -0.2) is 0 Å². The van der Waals surface area contributed by atoms with Crippen LogP contribution < -0.4 is 0 Å². The number of benzene rings is 2. The summed E-state index contributed by atoms with van der Waals surface area (Å²) in [4.78, 5) is 0. The van der Waals surface area contributed by atoms with Crippen molar-refractivity contribution < 1.29 is 0 Å². The maximum atomic E-state index is 5.92. The first-order valence-corrected chi connectivity index (χ1v) is 6.31. The molecule has 2 aromatic rings. The van der Waals surface area contributed by atoms with Crippen LogP contribution in [0.1, 0.15) is 11.1 Å². The van der Waals surface area contributed by atoms with E-state index < -0.39 is 0 Å². The summed E-state index contributed by atoms with van der Waals surface area (Å²) in [5.74, 6) is 0. The number of hydrogen-bond acceptors (Lipinski definition) is 0. The first kappa shape index (κ1) is 13.0. The Morgan fingerprint density at radius 2 is 0.824 bits per heavy atom. The quantitative estimate of drug-likeness (QED) is 0.648. The van der Waals surface area contributed by atoms with E-state index in [1.54, 1.807) is 12.1 Å². The highest BCUT2D eigenvalue weighted by atomic mass is 35.5. The summed E-state index contributed by atoms with van der Waals surface area (Å²) in [5.41, 5.74) is 1.81. The van der Waals surface area contributed by atoms with Crippen molar-refractivity contribution in [1.29, 1.82) is 0 Å². The highest BCUT2D eigenvalue weighted by Gasteiger charge is 2.03. The number of rotatable bonds is 2. The van der Waals surface area contributed by atoms with Gasteiger partial charge in [-0.3, -0.25) is 0 Å². The van der Waals surface area contributed by atoms with Crippen LogP contribution in [-0.4, -0.2) is 0 Å². The van der Waals surface area contributed by atoms with E-state index >= 15 is 0 Å². The molecule has 0 N–H and O–H groups in total. The van der Waals surface area contributed by atoms with Gasteiger partial charge in [0.1, 0.15) is 0 Å². The Bertz CT molecular complexity index is 459. The second-order valence-electron chi connectivity index (χ2n) is 3.55. The Kier molecular flexibility index (Phi) is 4.22. The first-order valence-electron chi connectivity index (χ1n) is 4.80. The van der Waals surface area contributed by atoms with Crippen molar-refractivity contribution in [2.24, 2.45) is 0 Å². The molecule has 0 fully saturated rings. The lowest BCUT2D eigenvalue weighted by molar-refractivity contribution is 1.43. The molecule has 2 aromatic carbocycles. The molecule has 0 atom stereocenters. The van der Waals surface area contributed by atoms with Crippen LogP contribution >= 0.6 is 46.4 Å². The van der Waals surface area contributed by atoms with Crippen molar-refractivity contribution >= 4 is 46.4 Å². The summed E-state index contributed by atoms with van der Waals surface area (Å²) in [7, 11) is 0. The Morgan fingerprint density at radius 3 is 1.12 bits per heavy atom. The summed E-state index contributed by atoms with van der Waals surface area (Å²) >= 11 is 23.7. The van der Waals surface area contributed by atoms with E-state index in [1.165, 1.54) is 0 Å². The lowest BCUT2D eigenvalue weighted by atomic mass is 10.1. The van der Waals surface area contributed by atoms with Crippen LogP contribution in [0.2, 0.25) is 20.1 Å². The standard InChI is InChI=1S/C13H7Cl4/c14-10-2-8(3-11(15)6-10)1-9-4-12(16)7-13(17)5-9/h1-7H. The zero-order chi connectivity index (χ0) is 12.4. The summed E-state index contributed by atoms with van der Waals surface area (Å²) in [6, 6.07) is 10.7. The van der Waals surface area contributed by atoms with Gasteiger partial charge in [0, 0.05) is 26.5 Å². The van der Waals surface area contributed by atoms with Crippen LogP contribution in [0.5, 0.6) is 0 Å². The Labute approximate surface area is 120 Å². The molecule has 0 saturated heterocycles. The topological polar surface area (TPSA) is 0 Å². The maximum absolute atomic E-state index is 5.92. The largest absolute Gasteiger partial charge is 0.0843 e. The fraction of sp³-hybridized carbons (Fsp3) is 0. The van der Waals surface area contributed by atoms with Crippen molar-refractivity contribution in [2.75, 3.05) is 0 Å². The van der Waals surface area contributed by atoms with Gasteiger partial charge in [0.25, 0.3) is 0 Å². The lowest BCUT2D eigenvalue weighted by Gasteiger charge is -2.04. The zero-order valence-electron chi connectivity index (χ0n) is 8.55. The van der Waals surface area contributed by atoms with Gasteiger partial charge in [-0.05, 0) is 47.5 Å². The van der Waals surface area contributed by atoms with Crippen LogP contribution in [0, 0.1) is 6.42 Å². The van der Waals surface area contributed by atoms with Crippen molar-refractivity contribution in [3.63, 3.8) is 0 Å². The highest BCUT2D eigenvalue weighted by molar-refractivity contribution is 6.35. The molecule has 4 heteroatoms. The fourth-order valence-electron chi connectivity index (χ4n) is 1.51. The zero-order valence-corrected chi connectivity index (χ0v) is 11.6. The van der Waals surface area contributed by atoms with Crippen molar-refractivity contribution in [1.82, 2.24) is 0 Å². The van der Waals surface area contributed by atoms with E-state index in [1.807, 2.05) is 30.7 Å². The molecule has 0 aliphatic heterocycles. The summed E-state index contributed by atoms with van der Waals surface area (Å²) in [5, 5.41) is 2.38. The average Bonchev–Trinajstić information content (AvgIpc) is 2.13. The van der Waals surface area contributed by atoms with Gasteiger partial charge >= 0.3 is 0 Å². The van der Waals surface area contributed by atoms with E-state index in [0.717, 1.165) is 11.1 Å². The van der Waals surface area contributed by atoms with Crippen LogP contribution in [0.4, 0.5) is 0 Å². The molecule has 0 bridgehead atoms. The minimum atomic E-state index is 0.594. The number of halogens is 4. The van der Waals surface area contributed by atoms with E-state index in [0.29, 0.717) is 20.1 Å². The first-order chi connectivity index (χ1) is 8.02. The molecule has 17 heavy (non-hydrogen) atoms. The van der Waals surface area contributed by atoms with Gasteiger partial charge in [-0.2, -0.15) is 0 Å². The molecular weight excluding hydrogens is 298 g/mol. The lowest BCUT2D eigenvalue weighted by Crippen LogP contribution is -1.86. The van der Waals surface area contributed by atoms with E-state index in [-0.39, 0.29) is 0 Å². The maximum Gasteiger partial charge on any atom is 0.0423 e. The van der Waals surface area contributed by atoms with E-state index in [9.17, 15) is 0 Å². The predicted molar refractivity (Wildman–Crippen MR) is 75.4 cm³/mol. The van der Waals surface area contributed by atoms with Gasteiger partial charge in [0.15, 0.2) is 0 Å². The predicted octanol–water partition coefficient (Wildman–Crippen LogP) is 5.90. The summed E-state index contributed by atoms with van der Waals surface area (Å²) in [6.07, 6.45) is 1.91. The van der Waals surface area contributed by atoms with Crippen molar-refractivity contribution in [2.45, 2.75) is 0 Å². The third-order valence-corrected chi connectivity index (χ3v) is 2.98. The van der Waals surface area contributed by atoms with Crippen LogP contribution in [0.15, 0.2) is 36.4 Å². The molecule has 1 radical (unpaired) electrons. The minimum Gasteiger partial charge on any atom is -0.0843 e. The van der Waals surface area contributed by atoms with Gasteiger partial charge in [0.05, 0.1) is 0 Å². The molecule has 0 aromatic heterocycles. The third kappa shape index (κ3) is 3.79. The smallest absolute Gasteiger partial charge is 0.0423 e. The molecule has 0 heterocycles. The molecule has 0 unspecified atom stereocenters. The molecule has 87 valence electrons. The monoisotopic (exact) mass is 303 g/mol. The highest BCUT2D eigenvalue weighted by Crippen LogP contribution is 2.25. The second-order valence-corrected chi connectivity index (χ2v) is 5.30. The number of hydrogen-bond donors (Lipinski definition) is 0. The van der Waals surface area contributed by atoms with Crippen molar-refractivity contribution in [3.8, 4) is 0 Å². The van der Waals surface area contributed by atoms with Gasteiger partial charge in [0.2, 0.25) is 0 Å². The molecule has 0 amide bonds. The summed E-state index contributed by atoms with van der Waals surface area (Å²) < 4.78 is 0. The van der Waals surface area contributed by atoms with Crippen molar-refractivity contribution in [3.05, 3.63) is 74.0 Å². The Balaban J connectivity index is 2.31. The Hall–Kier alpha value is -0.400. The molecule has 0 saturated carbocycles. The van der Waals surface area contributed by atoms with E-state index in [2.05, 4.69) is 0 Å². The molecule has 0 nitrogen and oxygen atoms in total. The SMILES string of the molecule is Clc1cc(Cl)cc([CH]c2cc(Cl)cc(Cl)c2)c1. The summed E-state index contributed by atoms with van der Waals surface area (Å²) in [6.45, 7) is 0. The van der Waals surface area contributed by atoms with Crippen LogP contribution in [-0.2, 0) is 0 Å². The second kappa shape index (κ2) is 5.49. The average molecular weight is 305 g/mol. The molecule has 0 aliphatic rings. The molecular formula is C13H7Cl4. The van der Waals surface area contributed by atoms with Gasteiger partial charge in [-0.1, -0.05) is 46.4 Å². The van der Waals surface area contributed by atoms with Gasteiger partial charge < -0.3 is 0 Å². The molecule has 0 spiro atoms. The molecule has 2 rings (SSSR count). The Morgan fingerprint density at radius 1 is 0.529 bits per heavy atom. The van der Waals surface area contributed by atoms with Gasteiger partial charge in [-0.15, -0.1) is 0 Å². The fourth-order valence-corrected chi connectivity index (χ4v) is 2.60. The molecule has 0 aliphatic carbocycles. The van der Waals surface area contributed by atoms with Crippen LogP contribution in [0.3, 0.4) is 0 Å². The van der Waals surface area contributed by atoms with Crippen LogP contribution in [0.25, 0.3) is 0 Å². The van der Waals surface area contributed by atoms with E-state index in [4.69, 9.17) is 46.4 Å².